The van der Waals surface area contributed by atoms with Gasteiger partial charge < -0.3 is 10.1 Å². The van der Waals surface area contributed by atoms with Gasteiger partial charge in [-0.3, -0.25) is 9.69 Å². The lowest BCUT2D eigenvalue weighted by atomic mass is 9.86. The van der Waals surface area contributed by atoms with Crippen LogP contribution in [-0.4, -0.2) is 40.8 Å². The number of fused-ring (bicyclic) bond motifs is 1. The fourth-order valence-electron chi connectivity index (χ4n) is 3.75. The first-order chi connectivity index (χ1) is 13.0. The molecule has 0 saturated heterocycles. The van der Waals surface area contributed by atoms with E-state index in [0.717, 1.165) is 47.9 Å². The second-order valence-corrected chi connectivity index (χ2v) is 7.32. The van der Waals surface area contributed by atoms with Crippen molar-refractivity contribution in [3.8, 4) is 5.75 Å². The van der Waals surface area contributed by atoms with Crippen molar-refractivity contribution < 1.29 is 9.53 Å². The fourth-order valence-corrected chi connectivity index (χ4v) is 3.75. The molecule has 2 aromatic rings. The van der Waals surface area contributed by atoms with E-state index in [9.17, 15) is 4.79 Å². The molecule has 3 rings (SSSR count). The summed E-state index contributed by atoms with van der Waals surface area (Å²) in [5.41, 5.74) is 3.38. The summed E-state index contributed by atoms with van der Waals surface area (Å²) >= 11 is 0. The Morgan fingerprint density at radius 1 is 1.33 bits per heavy atom. The monoisotopic (exact) mass is 370 g/mol. The number of benzene rings is 1. The van der Waals surface area contributed by atoms with Crippen LogP contribution in [0.4, 0.5) is 5.82 Å². The number of hydrogen-bond acceptors (Lipinski definition) is 4. The summed E-state index contributed by atoms with van der Waals surface area (Å²) in [6, 6.07) is 6.48. The normalized spacial score (nSPS) is 16.6. The Balaban J connectivity index is 2.00. The molecule has 1 unspecified atom stereocenters. The van der Waals surface area contributed by atoms with Gasteiger partial charge in [0.1, 0.15) is 11.6 Å². The number of aromatic nitrogens is 2. The molecule has 1 aromatic heterocycles. The van der Waals surface area contributed by atoms with Gasteiger partial charge in [-0.1, -0.05) is 26.0 Å². The summed E-state index contributed by atoms with van der Waals surface area (Å²) in [6.07, 6.45) is 2.33. The smallest absolute Gasteiger partial charge is 0.226 e. The molecule has 1 aliphatic heterocycles. The van der Waals surface area contributed by atoms with E-state index in [-0.39, 0.29) is 17.9 Å². The summed E-state index contributed by atoms with van der Waals surface area (Å²) in [4.78, 5) is 14.7. The minimum absolute atomic E-state index is 0.0163. The van der Waals surface area contributed by atoms with Crippen LogP contribution in [0.1, 0.15) is 62.8 Å². The highest BCUT2D eigenvalue weighted by Crippen LogP contribution is 2.39. The van der Waals surface area contributed by atoms with Crippen LogP contribution in [0.5, 0.6) is 5.75 Å². The summed E-state index contributed by atoms with van der Waals surface area (Å²) in [6.45, 7) is 11.3. The summed E-state index contributed by atoms with van der Waals surface area (Å²) in [7, 11) is 1.71. The van der Waals surface area contributed by atoms with E-state index in [4.69, 9.17) is 4.74 Å². The van der Waals surface area contributed by atoms with Crippen molar-refractivity contribution >= 4 is 11.7 Å². The van der Waals surface area contributed by atoms with Crippen LogP contribution in [-0.2, 0) is 11.3 Å². The van der Waals surface area contributed by atoms with Crippen LogP contribution in [0.2, 0.25) is 0 Å². The number of rotatable bonds is 7. The van der Waals surface area contributed by atoms with Crippen molar-refractivity contribution in [2.24, 2.45) is 0 Å². The second kappa shape index (κ2) is 8.13. The second-order valence-electron chi connectivity index (χ2n) is 7.32. The quantitative estimate of drug-likeness (QED) is 0.806. The Hall–Kier alpha value is -2.34. The molecule has 6 nitrogen and oxygen atoms in total. The molecule has 0 spiro atoms. The third kappa shape index (κ3) is 3.86. The fraction of sp³-hybridized carbons (Fsp3) is 0.524. The Bertz CT molecular complexity index is 809. The van der Waals surface area contributed by atoms with Gasteiger partial charge in [0.15, 0.2) is 0 Å². The summed E-state index contributed by atoms with van der Waals surface area (Å²) in [5, 5.41) is 7.51. The molecule has 1 aliphatic rings. The van der Waals surface area contributed by atoms with Gasteiger partial charge in [0.2, 0.25) is 5.91 Å². The van der Waals surface area contributed by atoms with Gasteiger partial charge in [-0.25, -0.2) is 4.68 Å². The minimum Gasteiger partial charge on any atom is -0.496 e. The SMILES string of the molecule is CCN(CC)Cc1cc(C2CC(=O)Nc3c2cnn3C(C)C)ccc1OC. The van der Waals surface area contributed by atoms with Crippen molar-refractivity contribution in [2.45, 2.75) is 52.6 Å². The summed E-state index contributed by atoms with van der Waals surface area (Å²) < 4.78 is 7.47. The maximum Gasteiger partial charge on any atom is 0.226 e. The first-order valence-corrected chi connectivity index (χ1v) is 9.74. The van der Waals surface area contributed by atoms with Crippen molar-refractivity contribution in [3.05, 3.63) is 41.1 Å². The highest BCUT2D eigenvalue weighted by molar-refractivity contribution is 5.94. The standard InChI is InChI=1S/C21H30N4O2/c1-6-24(7-2)13-16-10-15(8-9-19(16)27-5)17-11-20(26)23-21-18(17)12-22-25(21)14(3)4/h8-10,12,14,17H,6-7,11,13H2,1-5H3,(H,23,26). The number of nitrogens with one attached hydrogen (secondary N) is 1. The Morgan fingerprint density at radius 2 is 2.07 bits per heavy atom. The van der Waals surface area contributed by atoms with Crippen molar-refractivity contribution in [1.29, 1.82) is 0 Å². The molecule has 27 heavy (non-hydrogen) atoms. The molecule has 6 heteroatoms. The van der Waals surface area contributed by atoms with Crippen molar-refractivity contribution in [3.63, 3.8) is 0 Å². The largest absolute Gasteiger partial charge is 0.496 e. The predicted molar refractivity (Wildman–Crippen MR) is 107 cm³/mol. The molecule has 1 atom stereocenters. The molecular formula is C21H30N4O2. The van der Waals surface area contributed by atoms with Gasteiger partial charge in [-0.2, -0.15) is 5.10 Å². The lowest BCUT2D eigenvalue weighted by molar-refractivity contribution is -0.116. The Kier molecular flexibility index (Phi) is 5.85. The van der Waals surface area contributed by atoms with E-state index >= 15 is 0 Å². The predicted octanol–water partition coefficient (Wildman–Crippen LogP) is 3.79. The van der Waals surface area contributed by atoms with Crippen molar-refractivity contribution in [2.75, 3.05) is 25.5 Å². The molecule has 1 amide bonds. The van der Waals surface area contributed by atoms with Crippen LogP contribution in [0.25, 0.3) is 0 Å². The number of anilines is 1. The topological polar surface area (TPSA) is 59.4 Å². The van der Waals surface area contributed by atoms with E-state index in [1.165, 1.54) is 0 Å². The highest BCUT2D eigenvalue weighted by Gasteiger charge is 2.31. The lowest BCUT2D eigenvalue weighted by Gasteiger charge is -2.26. The molecule has 0 radical (unpaired) electrons. The Morgan fingerprint density at radius 3 is 2.70 bits per heavy atom. The van der Waals surface area contributed by atoms with Gasteiger partial charge in [-0.05, 0) is 38.6 Å². The number of carbonyl (C=O) groups is 1. The maximum atomic E-state index is 12.4. The van der Waals surface area contributed by atoms with Gasteiger partial charge in [-0.15, -0.1) is 0 Å². The van der Waals surface area contributed by atoms with Crippen LogP contribution in [0, 0.1) is 0 Å². The summed E-state index contributed by atoms with van der Waals surface area (Å²) in [5.74, 6) is 1.77. The van der Waals surface area contributed by atoms with E-state index in [1.54, 1.807) is 7.11 Å². The Labute approximate surface area is 161 Å². The third-order valence-electron chi connectivity index (χ3n) is 5.33. The number of carbonyl (C=O) groups excluding carboxylic acids is 1. The van der Waals surface area contributed by atoms with Gasteiger partial charge in [0, 0.05) is 36.1 Å². The zero-order valence-corrected chi connectivity index (χ0v) is 17.0. The van der Waals surface area contributed by atoms with E-state index in [1.807, 2.05) is 16.9 Å². The van der Waals surface area contributed by atoms with E-state index < -0.39 is 0 Å². The van der Waals surface area contributed by atoms with Gasteiger partial charge >= 0.3 is 0 Å². The lowest BCUT2D eigenvalue weighted by Crippen LogP contribution is -2.25. The number of ether oxygens (including phenoxy) is 1. The number of hydrogen-bond donors (Lipinski definition) is 1. The first kappa shape index (κ1) is 19.4. The minimum atomic E-state index is 0.0163. The number of amides is 1. The molecule has 146 valence electrons. The first-order valence-electron chi connectivity index (χ1n) is 9.74. The third-order valence-corrected chi connectivity index (χ3v) is 5.33. The number of nitrogens with zero attached hydrogens (tertiary/aromatic N) is 3. The molecule has 1 N–H and O–H groups in total. The van der Waals surface area contributed by atoms with Gasteiger partial charge in [0.05, 0.1) is 13.3 Å². The van der Waals surface area contributed by atoms with Gasteiger partial charge in [0.25, 0.3) is 0 Å². The zero-order chi connectivity index (χ0) is 19.6. The van der Waals surface area contributed by atoms with Crippen LogP contribution in [0.15, 0.2) is 24.4 Å². The number of methoxy groups -OCH3 is 1. The molecular weight excluding hydrogens is 340 g/mol. The van der Waals surface area contributed by atoms with E-state index in [0.29, 0.717) is 6.42 Å². The van der Waals surface area contributed by atoms with Crippen LogP contribution >= 0.6 is 0 Å². The highest BCUT2D eigenvalue weighted by atomic mass is 16.5. The average molecular weight is 370 g/mol. The van der Waals surface area contributed by atoms with Crippen LogP contribution < -0.4 is 10.1 Å². The van der Waals surface area contributed by atoms with E-state index in [2.05, 4.69) is 55.1 Å². The average Bonchev–Trinajstić information content (AvgIpc) is 3.09. The molecule has 0 saturated carbocycles. The molecule has 0 aliphatic carbocycles. The molecule has 0 bridgehead atoms. The molecule has 2 heterocycles. The maximum absolute atomic E-state index is 12.4. The van der Waals surface area contributed by atoms with Crippen LogP contribution in [0.3, 0.4) is 0 Å². The zero-order valence-electron chi connectivity index (χ0n) is 17.0. The molecule has 0 fully saturated rings. The van der Waals surface area contributed by atoms with Crippen molar-refractivity contribution in [1.82, 2.24) is 14.7 Å². The molecule has 1 aromatic carbocycles.